The average molecular weight is 316 g/mol. The summed E-state index contributed by atoms with van der Waals surface area (Å²) < 4.78 is 15.7. The van der Waals surface area contributed by atoms with Crippen LogP contribution in [0.25, 0.3) is 0 Å². The van der Waals surface area contributed by atoms with Crippen LogP contribution in [-0.2, 0) is 40.6 Å². The van der Waals surface area contributed by atoms with Crippen LogP contribution < -0.4 is 0 Å². The van der Waals surface area contributed by atoms with E-state index in [0.717, 1.165) is 0 Å². The molecule has 122 valence electrons. The average Bonchev–Trinajstić information content (AvgIpc) is 2.96. The van der Waals surface area contributed by atoms with E-state index in [4.69, 9.17) is 19.1 Å². The summed E-state index contributed by atoms with van der Waals surface area (Å²) in [6, 6.07) is 0. The molecule has 0 radical (unpaired) electrons. The van der Waals surface area contributed by atoms with Gasteiger partial charge in [0.25, 0.3) is 0 Å². The van der Waals surface area contributed by atoms with Crippen LogP contribution in [0.15, 0.2) is 0 Å². The number of nitrogens with zero attached hydrogens (tertiary/aromatic N) is 4. The number of aryl methyl sites for hydroxylation is 1. The Morgan fingerprint density at radius 3 is 2.36 bits per heavy atom. The monoisotopic (exact) mass is 316 g/mol. The van der Waals surface area contributed by atoms with E-state index < -0.39 is 36.5 Å². The molecule has 1 aromatic rings. The smallest absolute Gasteiger partial charge is 0.305 e. The molecule has 11 nitrogen and oxygen atoms in total. The lowest BCUT2D eigenvalue weighted by molar-refractivity contribution is -0.324. The molecule has 0 amide bonds. The Kier molecular flexibility index (Phi) is 5.00. The molecule has 0 aromatic carbocycles. The van der Waals surface area contributed by atoms with Crippen molar-refractivity contribution in [2.45, 2.75) is 38.4 Å². The van der Waals surface area contributed by atoms with E-state index >= 15 is 0 Å². The fourth-order valence-electron chi connectivity index (χ4n) is 2.04. The molecule has 1 aliphatic rings. The number of ether oxygens (including phenoxy) is 3. The van der Waals surface area contributed by atoms with Gasteiger partial charge in [0, 0.05) is 13.8 Å². The highest BCUT2D eigenvalue weighted by atomic mass is 17.2. The summed E-state index contributed by atoms with van der Waals surface area (Å²) in [4.78, 5) is 33.4. The van der Waals surface area contributed by atoms with E-state index in [1.54, 1.807) is 7.05 Å². The zero-order chi connectivity index (χ0) is 16.3. The van der Waals surface area contributed by atoms with Crippen molar-refractivity contribution in [3.05, 3.63) is 5.82 Å². The minimum absolute atomic E-state index is 0.177. The lowest BCUT2D eigenvalue weighted by atomic mass is 10.1. The number of hydrogen-bond donors (Lipinski definition) is 0. The Labute approximate surface area is 125 Å². The van der Waals surface area contributed by atoms with Crippen LogP contribution >= 0.6 is 0 Å². The molecule has 4 unspecified atom stereocenters. The molecule has 0 saturated carbocycles. The summed E-state index contributed by atoms with van der Waals surface area (Å²) >= 11 is 0. The van der Waals surface area contributed by atoms with Crippen molar-refractivity contribution in [3.8, 4) is 0 Å². The lowest BCUT2D eigenvalue weighted by Crippen LogP contribution is -2.38. The van der Waals surface area contributed by atoms with Gasteiger partial charge in [-0.2, -0.15) is 4.80 Å². The molecule has 4 atom stereocenters. The fraction of sp³-hybridized carbons (Fsp3) is 0.727. The van der Waals surface area contributed by atoms with Gasteiger partial charge in [-0.05, 0) is 5.21 Å². The molecule has 2 heterocycles. The Bertz CT molecular complexity index is 548. The van der Waals surface area contributed by atoms with Crippen molar-refractivity contribution in [2.75, 3.05) is 7.11 Å². The van der Waals surface area contributed by atoms with Gasteiger partial charge in [-0.25, -0.2) is 9.78 Å². The summed E-state index contributed by atoms with van der Waals surface area (Å²) in [5, 5.41) is 11.5. The second kappa shape index (κ2) is 6.77. The van der Waals surface area contributed by atoms with E-state index in [1.165, 1.54) is 25.8 Å². The maximum atomic E-state index is 11.3. The standard InChI is InChI=1S/C11H16N4O7/c1-5(16)19-9-7(22-18-4)8(10-12-14-15(3)13-10)21-11(9)20-6(2)17/h7-9,11H,1-4H3. The summed E-state index contributed by atoms with van der Waals surface area (Å²) in [7, 11) is 2.86. The SMILES string of the molecule is COOC1C(c2nnn(C)n2)OC(OC(C)=O)C1OC(C)=O. The number of carbonyl (C=O) groups is 2. The predicted octanol–water partition coefficient (Wildman–Crippen LogP) is -0.951. The van der Waals surface area contributed by atoms with Gasteiger partial charge in [-0.3, -0.25) is 9.59 Å². The first-order valence-corrected chi connectivity index (χ1v) is 6.35. The quantitative estimate of drug-likeness (QED) is 0.381. The molecular weight excluding hydrogens is 300 g/mol. The minimum Gasteiger partial charge on any atom is -0.453 e. The Hall–Kier alpha value is -2.11. The van der Waals surface area contributed by atoms with Crippen LogP contribution in [0.5, 0.6) is 0 Å². The van der Waals surface area contributed by atoms with Crippen molar-refractivity contribution in [1.29, 1.82) is 0 Å². The lowest BCUT2D eigenvalue weighted by Gasteiger charge is -2.21. The number of rotatable bonds is 5. The highest BCUT2D eigenvalue weighted by Crippen LogP contribution is 2.36. The Morgan fingerprint density at radius 1 is 1.18 bits per heavy atom. The first-order valence-electron chi connectivity index (χ1n) is 6.35. The molecule has 0 N–H and O–H groups in total. The third-order valence-electron chi connectivity index (χ3n) is 2.74. The molecular formula is C11H16N4O7. The van der Waals surface area contributed by atoms with Crippen LogP contribution in [-0.4, -0.2) is 57.8 Å². The molecule has 22 heavy (non-hydrogen) atoms. The highest BCUT2D eigenvalue weighted by Gasteiger charge is 2.53. The van der Waals surface area contributed by atoms with Gasteiger partial charge in [-0.1, -0.05) is 0 Å². The summed E-state index contributed by atoms with van der Waals surface area (Å²) in [5.41, 5.74) is 0. The largest absolute Gasteiger partial charge is 0.453 e. The second-order valence-electron chi connectivity index (χ2n) is 4.47. The van der Waals surface area contributed by atoms with Gasteiger partial charge in [0.1, 0.15) is 0 Å². The van der Waals surface area contributed by atoms with Crippen molar-refractivity contribution in [1.82, 2.24) is 20.2 Å². The molecule has 1 saturated heterocycles. The summed E-state index contributed by atoms with van der Waals surface area (Å²) in [5.74, 6) is -1.02. The zero-order valence-corrected chi connectivity index (χ0v) is 12.5. The number of hydrogen-bond acceptors (Lipinski definition) is 10. The Morgan fingerprint density at radius 2 is 1.86 bits per heavy atom. The first-order chi connectivity index (χ1) is 10.4. The van der Waals surface area contributed by atoms with Crippen molar-refractivity contribution in [2.24, 2.45) is 7.05 Å². The van der Waals surface area contributed by atoms with Crippen molar-refractivity contribution < 1.29 is 33.6 Å². The maximum Gasteiger partial charge on any atom is 0.305 e. The fourth-order valence-corrected chi connectivity index (χ4v) is 2.04. The van der Waals surface area contributed by atoms with Crippen molar-refractivity contribution >= 4 is 11.9 Å². The molecule has 0 bridgehead atoms. The van der Waals surface area contributed by atoms with Gasteiger partial charge in [-0.15, -0.1) is 10.2 Å². The van der Waals surface area contributed by atoms with Crippen LogP contribution in [0.2, 0.25) is 0 Å². The summed E-state index contributed by atoms with van der Waals surface area (Å²) in [6.07, 6.45) is -4.02. The number of esters is 2. The molecule has 1 aromatic heterocycles. The van der Waals surface area contributed by atoms with Crippen LogP contribution in [0.1, 0.15) is 25.8 Å². The maximum absolute atomic E-state index is 11.3. The van der Waals surface area contributed by atoms with E-state index in [-0.39, 0.29) is 5.82 Å². The van der Waals surface area contributed by atoms with Crippen LogP contribution in [0.4, 0.5) is 0 Å². The number of tetrazole rings is 1. The van der Waals surface area contributed by atoms with Gasteiger partial charge in [0.05, 0.1) is 14.2 Å². The van der Waals surface area contributed by atoms with E-state index in [1.807, 2.05) is 0 Å². The van der Waals surface area contributed by atoms with E-state index in [9.17, 15) is 9.59 Å². The zero-order valence-electron chi connectivity index (χ0n) is 12.5. The van der Waals surface area contributed by atoms with Gasteiger partial charge >= 0.3 is 11.9 Å². The molecule has 11 heteroatoms. The van der Waals surface area contributed by atoms with Gasteiger partial charge in [0.15, 0.2) is 18.3 Å². The number of aromatic nitrogens is 4. The summed E-state index contributed by atoms with van der Waals surface area (Å²) in [6.45, 7) is 2.41. The first kappa shape index (κ1) is 16.3. The minimum atomic E-state index is -1.17. The predicted molar refractivity (Wildman–Crippen MR) is 65.6 cm³/mol. The van der Waals surface area contributed by atoms with Crippen molar-refractivity contribution in [3.63, 3.8) is 0 Å². The van der Waals surface area contributed by atoms with E-state index in [0.29, 0.717) is 0 Å². The number of carbonyl (C=O) groups excluding carboxylic acids is 2. The third kappa shape index (κ3) is 3.55. The third-order valence-corrected chi connectivity index (χ3v) is 2.74. The molecule has 1 fully saturated rings. The molecule has 1 aliphatic heterocycles. The Balaban J connectivity index is 2.28. The molecule has 2 rings (SSSR count). The second-order valence-corrected chi connectivity index (χ2v) is 4.47. The normalized spacial score (nSPS) is 27.6. The molecule has 0 spiro atoms. The van der Waals surface area contributed by atoms with E-state index in [2.05, 4.69) is 20.3 Å². The highest BCUT2D eigenvalue weighted by molar-refractivity contribution is 5.67. The van der Waals surface area contributed by atoms with Crippen LogP contribution in [0, 0.1) is 0 Å². The van der Waals surface area contributed by atoms with Gasteiger partial charge in [0.2, 0.25) is 12.1 Å². The van der Waals surface area contributed by atoms with Gasteiger partial charge < -0.3 is 14.2 Å². The van der Waals surface area contributed by atoms with Crippen LogP contribution in [0.3, 0.4) is 0 Å². The topological polar surface area (TPSA) is 124 Å². The molecule has 0 aliphatic carbocycles.